The maximum atomic E-state index is 14.0. The predicted octanol–water partition coefficient (Wildman–Crippen LogP) is 7.92. The third kappa shape index (κ3) is 9.62. The lowest BCUT2D eigenvalue weighted by atomic mass is 9.98. The van der Waals surface area contributed by atoms with Crippen LogP contribution < -0.4 is 10.6 Å². The van der Waals surface area contributed by atoms with E-state index < -0.39 is 36.0 Å². The van der Waals surface area contributed by atoms with Gasteiger partial charge in [-0.1, -0.05) is 62.4 Å². The van der Waals surface area contributed by atoms with Crippen molar-refractivity contribution >= 4 is 34.8 Å². The summed E-state index contributed by atoms with van der Waals surface area (Å²) in [6.07, 6.45) is 4.87. The Hall–Kier alpha value is -6.22. The number of nitrogens with one attached hydrogen (secondary N) is 4. The van der Waals surface area contributed by atoms with Crippen LogP contribution in [-0.2, 0) is 23.8 Å². The molecule has 5 atom stereocenters. The molecule has 2 fully saturated rings. The zero-order chi connectivity index (χ0) is 44.3. The summed E-state index contributed by atoms with van der Waals surface area (Å²) in [5.74, 6) is 0.923. The molecule has 4 amide bonds. The molecule has 62 heavy (non-hydrogen) atoms. The van der Waals surface area contributed by atoms with E-state index in [9.17, 15) is 19.2 Å². The number of hydrogen-bond acceptors (Lipinski definition) is 9. The first kappa shape index (κ1) is 43.9. The van der Waals surface area contributed by atoms with Crippen molar-refractivity contribution in [3.63, 3.8) is 0 Å². The number of alkyl carbamates (subject to hydrolysis) is 2. The van der Waals surface area contributed by atoms with Crippen LogP contribution in [0.25, 0.3) is 44.4 Å². The lowest BCUT2D eigenvalue weighted by Crippen LogP contribution is -2.55. The van der Waals surface area contributed by atoms with Gasteiger partial charge >= 0.3 is 12.2 Å². The highest BCUT2D eigenvalue weighted by Crippen LogP contribution is 2.36. The minimum absolute atomic E-state index is 0.109. The standard InChI is InChI=1S/C47H58N8O7/c1-27(2)39(52-45(58)60-7)43(56)54-21-9-11-37(54)42-49-26-36(51-42)34-20-19-32-23-31(17-18-33(32)24-34)29-13-15-30(16-14-29)35-25-48-41(50-35)38-12-10-22-55(38)44(57)40(53-46(59)61-8)28(3)62-47(4,5)6/h13-20,23-28,37-40H,9-12,21-22H2,1-8H3,(H,48,50)(H,49,51)(H,52,58)(H,53,59)/t28-,37+,38?,39+,40?/m1/s1. The van der Waals surface area contributed by atoms with Gasteiger partial charge in [0, 0.05) is 18.7 Å². The topological polar surface area (TPSA) is 184 Å². The van der Waals surface area contributed by atoms with Crippen LogP contribution in [0.2, 0.25) is 0 Å². The number of aromatic nitrogens is 4. The molecule has 3 aromatic carbocycles. The van der Waals surface area contributed by atoms with Crippen molar-refractivity contribution in [1.82, 2.24) is 40.4 Å². The minimum atomic E-state index is -0.928. The van der Waals surface area contributed by atoms with Gasteiger partial charge in [0.15, 0.2) is 0 Å². The van der Waals surface area contributed by atoms with Gasteiger partial charge < -0.3 is 44.6 Å². The summed E-state index contributed by atoms with van der Waals surface area (Å²) in [6.45, 7) is 12.4. The van der Waals surface area contributed by atoms with Crippen molar-refractivity contribution < 1.29 is 33.4 Å². The number of nitrogens with zero attached hydrogens (tertiary/aromatic N) is 4. The number of amides is 4. The number of ether oxygens (including phenoxy) is 3. The van der Waals surface area contributed by atoms with E-state index in [2.05, 4.69) is 81.3 Å². The number of imidazole rings is 2. The molecule has 15 heteroatoms. The van der Waals surface area contributed by atoms with E-state index in [0.717, 1.165) is 75.9 Å². The van der Waals surface area contributed by atoms with Gasteiger partial charge in [0.05, 0.1) is 61.8 Å². The maximum Gasteiger partial charge on any atom is 0.407 e. The number of hydrogen-bond donors (Lipinski definition) is 4. The molecule has 2 saturated heterocycles. The Kier molecular flexibility index (Phi) is 13.0. The first-order chi connectivity index (χ1) is 29.6. The Balaban J connectivity index is 1.02. The molecule has 0 radical (unpaired) electrons. The van der Waals surface area contributed by atoms with Crippen LogP contribution in [0.3, 0.4) is 0 Å². The zero-order valence-corrected chi connectivity index (χ0v) is 36.8. The molecule has 0 spiro atoms. The van der Waals surface area contributed by atoms with Gasteiger partial charge in [0.25, 0.3) is 0 Å². The number of rotatable bonds is 12. The molecule has 2 aliphatic rings. The quantitative estimate of drug-likeness (QED) is 0.0969. The minimum Gasteiger partial charge on any atom is -0.453 e. The summed E-state index contributed by atoms with van der Waals surface area (Å²) in [5.41, 5.74) is 5.29. The first-order valence-electron chi connectivity index (χ1n) is 21.4. The largest absolute Gasteiger partial charge is 0.453 e. The smallest absolute Gasteiger partial charge is 0.407 e. The molecule has 328 valence electrons. The lowest BCUT2D eigenvalue weighted by molar-refractivity contribution is -0.142. The Bertz CT molecular complexity index is 2400. The number of carbonyl (C=O) groups is 4. The second kappa shape index (κ2) is 18.4. The fraction of sp³-hybridized carbons (Fsp3) is 0.447. The first-order valence-corrected chi connectivity index (χ1v) is 21.4. The van der Waals surface area contributed by atoms with Crippen LogP contribution in [0, 0.1) is 5.92 Å². The molecule has 4 N–H and O–H groups in total. The van der Waals surface area contributed by atoms with E-state index in [1.807, 2.05) is 45.7 Å². The number of likely N-dealkylation sites (tertiary alicyclic amines) is 2. The van der Waals surface area contributed by atoms with Crippen LogP contribution >= 0.6 is 0 Å². The molecule has 0 saturated carbocycles. The van der Waals surface area contributed by atoms with E-state index in [-0.39, 0.29) is 29.8 Å². The monoisotopic (exact) mass is 846 g/mol. The van der Waals surface area contributed by atoms with Gasteiger partial charge in [-0.2, -0.15) is 0 Å². The van der Waals surface area contributed by atoms with E-state index in [1.54, 1.807) is 18.0 Å². The maximum absolute atomic E-state index is 14.0. The lowest BCUT2D eigenvalue weighted by Gasteiger charge is -2.34. The molecule has 15 nitrogen and oxygen atoms in total. The van der Waals surface area contributed by atoms with Crippen molar-refractivity contribution in [3.05, 3.63) is 84.7 Å². The van der Waals surface area contributed by atoms with Crippen molar-refractivity contribution in [1.29, 1.82) is 0 Å². The molecule has 2 aliphatic heterocycles. The molecule has 7 rings (SSSR count). The van der Waals surface area contributed by atoms with Crippen LogP contribution in [-0.4, -0.2) is 105 Å². The van der Waals surface area contributed by atoms with E-state index >= 15 is 0 Å². The normalized spacial score (nSPS) is 18.1. The highest BCUT2D eigenvalue weighted by atomic mass is 16.5. The van der Waals surface area contributed by atoms with Crippen LogP contribution in [0.4, 0.5) is 9.59 Å². The molecular formula is C47H58N8O7. The summed E-state index contributed by atoms with van der Waals surface area (Å²) < 4.78 is 15.7. The fourth-order valence-electron chi connectivity index (χ4n) is 8.62. The van der Waals surface area contributed by atoms with Gasteiger partial charge in [-0.15, -0.1) is 0 Å². The van der Waals surface area contributed by atoms with Crippen molar-refractivity contribution in [3.8, 4) is 33.6 Å². The number of aromatic amines is 2. The fourth-order valence-corrected chi connectivity index (χ4v) is 8.62. The summed E-state index contributed by atoms with van der Waals surface area (Å²) in [5, 5.41) is 7.58. The second-order valence-electron chi connectivity index (χ2n) is 17.5. The molecule has 2 unspecified atom stereocenters. The van der Waals surface area contributed by atoms with Gasteiger partial charge in [-0.05, 0) is 98.9 Å². The van der Waals surface area contributed by atoms with Crippen LogP contribution in [0.1, 0.15) is 91.0 Å². The number of carbonyl (C=O) groups excluding carboxylic acids is 4. The van der Waals surface area contributed by atoms with Gasteiger partial charge in [-0.25, -0.2) is 19.6 Å². The SMILES string of the molecule is COC(=O)NC(C(=O)N1CCCC1c1ncc(-c2ccc(-c3ccc4cc(-c5cnc([C@@H]6CCCN6C(=O)[C@@H](NC(=O)OC)C(C)C)[nH]5)ccc4c3)cc2)[nH]1)[C@@H](C)OC(C)(C)C. The van der Waals surface area contributed by atoms with Crippen molar-refractivity contribution in [2.45, 2.75) is 103 Å². The molecule has 5 aromatic rings. The highest BCUT2D eigenvalue weighted by Gasteiger charge is 2.40. The van der Waals surface area contributed by atoms with Crippen molar-refractivity contribution in [2.24, 2.45) is 5.92 Å². The summed E-state index contributed by atoms with van der Waals surface area (Å²) >= 11 is 0. The third-order valence-corrected chi connectivity index (χ3v) is 11.7. The summed E-state index contributed by atoms with van der Waals surface area (Å²) in [7, 11) is 2.56. The Morgan fingerprint density at radius 3 is 1.63 bits per heavy atom. The molecule has 0 aliphatic carbocycles. The molecule has 4 heterocycles. The van der Waals surface area contributed by atoms with Crippen LogP contribution in [0.5, 0.6) is 0 Å². The van der Waals surface area contributed by atoms with E-state index in [1.165, 1.54) is 14.2 Å². The highest BCUT2D eigenvalue weighted by molar-refractivity contribution is 5.91. The Morgan fingerprint density at radius 2 is 1.11 bits per heavy atom. The van der Waals surface area contributed by atoms with Gasteiger partial charge in [0.2, 0.25) is 11.8 Å². The second-order valence-corrected chi connectivity index (χ2v) is 17.5. The molecule has 0 bridgehead atoms. The number of methoxy groups -OCH3 is 2. The molecule has 2 aromatic heterocycles. The van der Waals surface area contributed by atoms with Crippen LogP contribution in [0.15, 0.2) is 73.1 Å². The number of fused-ring (bicyclic) bond motifs is 1. The summed E-state index contributed by atoms with van der Waals surface area (Å²) in [4.78, 5) is 71.8. The third-order valence-electron chi connectivity index (χ3n) is 11.7. The average Bonchev–Trinajstić information content (AvgIpc) is 4.10. The zero-order valence-electron chi connectivity index (χ0n) is 36.8. The average molecular weight is 847 g/mol. The number of benzene rings is 3. The summed E-state index contributed by atoms with van der Waals surface area (Å²) in [6, 6.07) is 18.9. The van der Waals surface area contributed by atoms with Gasteiger partial charge in [-0.3, -0.25) is 9.59 Å². The molecular weight excluding hydrogens is 789 g/mol. The Labute approximate surface area is 362 Å². The van der Waals surface area contributed by atoms with Crippen molar-refractivity contribution in [2.75, 3.05) is 27.3 Å². The van der Waals surface area contributed by atoms with E-state index in [4.69, 9.17) is 24.2 Å². The van der Waals surface area contributed by atoms with Gasteiger partial charge in [0.1, 0.15) is 23.7 Å². The predicted molar refractivity (Wildman–Crippen MR) is 236 cm³/mol. The van der Waals surface area contributed by atoms with E-state index in [0.29, 0.717) is 18.9 Å². The number of H-pyrrole nitrogens is 2. The Morgan fingerprint density at radius 1 is 0.661 bits per heavy atom.